The minimum Gasteiger partial charge on any atom is -0.478 e. The van der Waals surface area contributed by atoms with Gasteiger partial charge >= 0.3 is 12.0 Å². The van der Waals surface area contributed by atoms with Gasteiger partial charge in [-0.1, -0.05) is 36.9 Å². The molecule has 29 heavy (non-hydrogen) atoms. The summed E-state index contributed by atoms with van der Waals surface area (Å²) in [6.07, 6.45) is 0. The molecule has 146 valence electrons. The Kier molecular flexibility index (Phi) is 5.75. The van der Waals surface area contributed by atoms with Gasteiger partial charge in [0.1, 0.15) is 5.00 Å². The molecule has 0 spiro atoms. The summed E-state index contributed by atoms with van der Waals surface area (Å²) in [5.41, 5.74) is 8.29. The molecule has 1 heterocycles. The number of hydrogen-bond acceptors (Lipinski definition) is 4. The van der Waals surface area contributed by atoms with Crippen LogP contribution >= 0.6 is 11.3 Å². The van der Waals surface area contributed by atoms with Crippen LogP contribution in [0.3, 0.4) is 0 Å². The van der Waals surface area contributed by atoms with Crippen molar-refractivity contribution < 1.29 is 19.5 Å². The molecule has 7 nitrogen and oxygen atoms in total. The average molecular weight is 407 g/mol. The van der Waals surface area contributed by atoms with E-state index < -0.39 is 17.9 Å². The maximum atomic E-state index is 12.2. The number of benzene rings is 2. The van der Waals surface area contributed by atoms with Crippen molar-refractivity contribution in [3.8, 4) is 11.1 Å². The molecule has 5 N–H and O–H groups in total. The fraction of sp³-hybridized carbons (Fsp3) is 0. The van der Waals surface area contributed by atoms with E-state index >= 15 is 0 Å². The van der Waals surface area contributed by atoms with Crippen LogP contribution in [0.4, 0.5) is 15.5 Å². The van der Waals surface area contributed by atoms with Gasteiger partial charge in [0, 0.05) is 5.69 Å². The molecule has 0 saturated carbocycles. The molecule has 1 aromatic heterocycles. The monoisotopic (exact) mass is 407 g/mol. The van der Waals surface area contributed by atoms with E-state index in [9.17, 15) is 14.4 Å². The van der Waals surface area contributed by atoms with Crippen LogP contribution in [0.1, 0.15) is 15.9 Å². The third-order valence-corrected chi connectivity index (χ3v) is 4.93. The number of anilines is 2. The maximum Gasteiger partial charge on any atom is 0.335 e. The number of carbonyl (C=O) groups excluding carboxylic acids is 2. The van der Waals surface area contributed by atoms with E-state index in [1.54, 1.807) is 53.9 Å². The van der Waals surface area contributed by atoms with Gasteiger partial charge in [-0.2, -0.15) is 0 Å². The zero-order valence-electron chi connectivity index (χ0n) is 15.1. The molecular formula is C21H17N3O4S. The molecule has 0 radical (unpaired) electrons. The molecule has 2 aromatic carbocycles. The molecular weight excluding hydrogens is 390 g/mol. The Hall–Kier alpha value is -3.91. The fourth-order valence-corrected chi connectivity index (χ4v) is 3.41. The lowest BCUT2D eigenvalue weighted by atomic mass is 10.00. The first-order valence-electron chi connectivity index (χ1n) is 8.43. The summed E-state index contributed by atoms with van der Waals surface area (Å²) in [6.45, 7) is 3.57. The molecule has 0 fully saturated rings. The summed E-state index contributed by atoms with van der Waals surface area (Å²) in [4.78, 5) is 34.6. The first-order chi connectivity index (χ1) is 13.8. The topological polar surface area (TPSA) is 122 Å². The number of primary amides is 1. The number of amides is 3. The van der Waals surface area contributed by atoms with Crippen LogP contribution in [0.2, 0.25) is 0 Å². The third-order valence-electron chi connectivity index (χ3n) is 4.10. The van der Waals surface area contributed by atoms with Gasteiger partial charge in [0.15, 0.2) is 0 Å². The van der Waals surface area contributed by atoms with Gasteiger partial charge in [0.25, 0.3) is 5.91 Å². The molecule has 0 saturated heterocycles. The highest BCUT2D eigenvalue weighted by molar-refractivity contribution is 7.14. The van der Waals surface area contributed by atoms with Crippen LogP contribution in [-0.2, 0) is 4.79 Å². The minimum absolute atomic E-state index is 0.0192. The second kappa shape index (κ2) is 8.41. The summed E-state index contributed by atoms with van der Waals surface area (Å²) >= 11 is 1.20. The van der Waals surface area contributed by atoms with Crippen molar-refractivity contribution >= 4 is 45.5 Å². The smallest absolute Gasteiger partial charge is 0.335 e. The number of thiophene rings is 1. The molecule has 0 bridgehead atoms. The van der Waals surface area contributed by atoms with Crippen LogP contribution in [-0.4, -0.2) is 23.0 Å². The Balaban J connectivity index is 1.70. The van der Waals surface area contributed by atoms with Gasteiger partial charge in [-0.3, -0.25) is 10.1 Å². The SMILES string of the molecule is C=C(C(=O)O)c1cccc(-c2ccc(NC(=O)Nc3sccc3C(N)=O)cc2)c1. The number of nitrogens with two attached hydrogens (primary N) is 1. The lowest BCUT2D eigenvalue weighted by Gasteiger charge is -2.09. The minimum atomic E-state index is -1.07. The van der Waals surface area contributed by atoms with Crippen molar-refractivity contribution in [3.63, 3.8) is 0 Å². The quantitative estimate of drug-likeness (QED) is 0.456. The van der Waals surface area contributed by atoms with Crippen LogP contribution < -0.4 is 16.4 Å². The second-order valence-electron chi connectivity index (χ2n) is 6.05. The Morgan fingerprint density at radius 1 is 0.966 bits per heavy atom. The lowest BCUT2D eigenvalue weighted by molar-refractivity contribution is -0.130. The van der Waals surface area contributed by atoms with Gasteiger partial charge in [-0.25, -0.2) is 9.59 Å². The molecule has 0 unspecified atom stereocenters. The molecule has 8 heteroatoms. The number of carboxylic acids is 1. The molecule has 0 aliphatic rings. The zero-order valence-corrected chi connectivity index (χ0v) is 16.0. The number of rotatable bonds is 6. The van der Waals surface area contributed by atoms with Crippen LogP contribution in [0.25, 0.3) is 16.7 Å². The molecule has 0 atom stereocenters. The molecule has 3 amide bonds. The van der Waals surface area contributed by atoms with E-state index in [0.29, 0.717) is 16.3 Å². The number of urea groups is 1. The number of nitrogens with one attached hydrogen (secondary N) is 2. The highest BCUT2D eigenvalue weighted by Gasteiger charge is 2.13. The molecule has 3 aromatic rings. The standard InChI is InChI=1S/C21H17N3O4S/c1-12(20(26)27)14-3-2-4-15(11-14)13-5-7-16(8-6-13)23-21(28)24-19-17(18(22)25)9-10-29-19/h2-11H,1H2,(H2,22,25)(H,26,27)(H2,23,24,28). The van der Waals surface area contributed by atoms with E-state index in [2.05, 4.69) is 17.2 Å². The predicted molar refractivity (Wildman–Crippen MR) is 114 cm³/mol. The first-order valence-corrected chi connectivity index (χ1v) is 9.31. The Labute approximate surface area is 170 Å². The normalized spacial score (nSPS) is 10.2. The highest BCUT2D eigenvalue weighted by Crippen LogP contribution is 2.26. The zero-order chi connectivity index (χ0) is 21.0. The summed E-state index contributed by atoms with van der Waals surface area (Å²) in [6, 6.07) is 15.1. The predicted octanol–water partition coefficient (Wildman–Crippen LogP) is 4.26. The van der Waals surface area contributed by atoms with Crippen molar-refractivity contribution in [1.29, 1.82) is 0 Å². The van der Waals surface area contributed by atoms with Gasteiger partial charge in [0.05, 0.1) is 11.1 Å². The van der Waals surface area contributed by atoms with E-state index in [1.165, 1.54) is 11.3 Å². The first kappa shape index (κ1) is 19.8. The van der Waals surface area contributed by atoms with Gasteiger partial charge in [0.2, 0.25) is 0 Å². The van der Waals surface area contributed by atoms with Gasteiger partial charge < -0.3 is 16.2 Å². The summed E-state index contributed by atoms with van der Waals surface area (Å²) < 4.78 is 0. The number of aliphatic carboxylic acids is 1. The Morgan fingerprint density at radius 2 is 1.69 bits per heavy atom. The van der Waals surface area contributed by atoms with E-state index in [0.717, 1.165) is 11.1 Å². The fourth-order valence-electron chi connectivity index (χ4n) is 2.62. The van der Waals surface area contributed by atoms with Crippen LogP contribution in [0.15, 0.2) is 66.6 Å². The van der Waals surface area contributed by atoms with Crippen molar-refractivity contribution in [2.24, 2.45) is 5.73 Å². The van der Waals surface area contributed by atoms with E-state index in [1.807, 2.05) is 6.07 Å². The van der Waals surface area contributed by atoms with E-state index in [4.69, 9.17) is 10.8 Å². The number of carboxylic acid groups (broad SMARTS) is 1. The van der Waals surface area contributed by atoms with Gasteiger partial charge in [-0.15, -0.1) is 11.3 Å². The molecule has 0 aliphatic heterocycles. The Bertz CT molecular complexity index is 1100. The third kappa shape index (κ3) is 4.69. The maximum absolute atomic E-state index is 12.2. The van der Waals surface area contributed by atoms with Crippen molar-refractivity contribution in [3.05, 3.63) is 77.7 Å². The van der Waals surface area contributed by atoms with Crippen molar-refractivity contribution in [2.45, 2.75) is 0 Å². The highest BCUT2D eigenvalue weighted by atomic mass is 32.1. The summed E-state index contributed by atoms with van der Waals surface area (Å²) in [5.74, 6) is -1.68. The van der Waals surface area contributed by atoms with Gasteiger partial charge in [-0.05, 0) is 46.3 Å². The largest absolute Gasteiger partial charge is 0.478 e. The second-order valence-corrected chi connectivity index (χ2v) is 6.96. The average Bonchev–Trinajstić information content (AvgIpc) is 3.16. The molecule has 3 rings (SSSR count). The van der Waals surface area contributed by atoms with Crippen LogP contribution in [0.5, 0.6) is 0 Å². The summed E-state index contributed by atoms with van der Waals surface area (Å²) in [7, 11) is 0. The van der Waals surface area contributed by atoms with Crippen LogP contribution in [0, 0.1) is 0 Å². The number of carbonyl (C=O) groups is 3. The lowest BCUT2D eigenvalue weighted by Crippen LogP contribution is -2.21. The van der Waals surface area contributed by atoms with Crippen molar-refractivity contribution in [1.82, 2.24) is 0 Å². The Morgan fingerprint density at radius 3 is 2.34 bits per heavy atom. The summed E-state index contributed by atoms with van der Waals surface area (Å²) in [5, 5.41) is 16.4. The van der Waals surface area contributed by atoms with Crippen molar-refractivity contribution in [2.75, 3.05) is 10.6 Å². The van der Waals surface area contributed by atoms with E-state index in [-0.39, 0.29) is 11.1 Å². The number of hydrogen-bond donors (Lipinski definition) is 4. The molecule has 0 aliphatic carbocycles.